The maximum Gasteiger partial charge on any atom is 0.146 e. The normalized spacial score (nSPS) is 33.3. The Labute approximate surface area is 126 Å². The highest BCUT2D eigenvalue weighted by Crippen LogP contribution is 2.35. The largest absolute Gasteiger partial charge is 0.396 e. The Balaban J connectivity index is 2.83. The Hall–Kier alpha value is -0.280. The van der Waals surface area contributed by atoms with Crippen molar-refractivity contribution in [1.82, 2.24) is 0 Å². The van der Waals surface area contributed by atoms with Gasteiger partial charge in [-0.2, -0.15) is 0 Å². The van der Waals surface area contributed by atoms with Gasteiger partial charge < -0.3 is 33.5 Å². The molecule has 1 saturated carbocycles. The lowest BCUT2D eigenvalue weighted by Gasteiger charge is -2.44. The third-order valence-corrected chi connectivity index (χ3v) is 3.72. The Bertz CT molecular complexity index is 264. The highest BCUT2D eigenvalue weighted by Gasteiger charge is 2.45. The van der Waals surface area contributed by atoms with E-state index in [1.807, 2.05) is 0 Å². The molecule has 0 radical (unpaired) electrons. The number of methoxy groups -OCH3 is 3. The van der Waals surface area contributed by atoms with Crippen molar-refractivity contribution in [2.75, 3.05) is 48.3 Å². The monoisotopic (exact) mass is 308 g/mol. The van der Waals surface area contributed by atoms with Crippen LogP contribution in [0.4, 0.5) is 0 Å². The lowest BCUT2D eigenvalue weighted by atomic mass is 9.76. The molecule has 7 nitrogen and oxygen atoms in total. The van der Waals surface area contributed by atoms with Gasteiger partial charge >= 0.3 is 0 Å². The van der Waals surface area contributed by atoms with Gasteiger partial charge in [0.1, 0.15) is 26.5 Å². The number of hydrogen-bond donors (Lipinski definition) is 1. The minimum atomic E-state index is -0.351. The summed E-state index contributed by atoms with van der Waals surface area (Å²) in [6.07, 6.45) is -0.0735. The molecule has 0 bridgehead atoms. The van der Waals surface area contributed by atoms with Gasteiger partial charge in [-0.15, -0.1) is 0 Å². The molecule has 1 aliphatic rings. The van der Waals surface area contributed by atoms with E-state index in [1.165, 1.54) is 0 Å². The molecule has 0 saturated heterocycles. The molecule has 0 aromatic rings. The average Bonchev–Trinajstić information content (AvgIpc) is 2.50. The molecule has 0 aromatic carbocycles. The van der Waals surface area contributed by atoms with Crippen molar-refractivity contribution in [2.24, 2.45) is 11.8 Å². The molecule has 126 valence electrons. The van der Waals surface area contributed by atoms with Crippen LogP contribution < -0.4 is 0 Å². The van der Waals surface area contributed by atoms with Crippen LogP contribution in [0.15, 0.2) is 0 Å². The van der Waals surface area contributed by atoms with E-state index < -0.39 is 0 Å². The van der Waals surface area contributed by atoms with E-state index in [2.05, 4.69) is 6.92 Å². The molecule has 0 amide bonds. The molecule has 0 spiro atoms. The van der Waals surface area contributed by atoms with E-state index in [1.54, 1.807) is 21.3 Å². The van der Waals surface area contributed by atoms with Crippen molar-refractivity contribution >= 4 is 0 Å². The first-order valence-corrected chi connectivity index (χ1v) is 7.12. The summed E-state index contributed by atoms with van der Waals surface area (Å²) in [6, 6.07) is 0. The molecule has 1 rings (SSSR count). The molecule has 0 aliphatic heterocycles. The summed E-state index contributed by atoms with van der Waals surface area (Å²) in [5.74, 6) is 0.181. The van der Waals surface area contributed by atoms with Gasteiger partial charge in [0.2, 0.25) is 0 Å². The Morgan fingerprint density at radius 1 is 0.810 bits per heavy atom. The summed E-state index contributed by atoms with van der Waals surface area (Å²) < 4.78 is 32.2. The smallest absolute Gasteiger partial charge is 0.146 e. The zero-order chi connectivity index (χ0) is 15.7. The molecule has 0 aromatic heterocycles. The van der Waals surface area contributed by atoms with Crippen molar-refractivity contribution in [3.63, 3.8) is 0 Å². The third-order valence-electron chi connectivity index (χ3n) is 3.72. The molecule has 21 heavy (non-hydrogen) atoms. The number of rotatable bonds is 10. The van der Waals surface area contributed by atoms with Crippen LogP contribution in [0.1, 0.15) is 13.3 Å². The quantitative estimate of drug-likeness (QED) is 0.592. The number of hydrogen-bond acceptors (Lipinski definition) is 7. The van der Waals surface area contributed by atoms with Gasteiger partial charge in [-0.3, -0.25) is 0 Å². The number of aliphatic hydroxyl groups excluding tert-OH is 1. The van der Waals surface area contributed by atoms with E-state index in [0.717, 1.165) is 6.42 Å². The number of aliphatic hydroxyl groups is 1. The second kappa shape index (κ2) is 10.4. The predicted octanol–water partition coefficient (Wildman–Crippen LogP) is 0.602. The molecule has 1 fully saturated rings. The van der Waals surface area contributed by atoms with Crippen molar-refractivity contribution in [3.05, 3.63) is 0 Å². The fourth-order valence-electron chi connectivity index (χ4n) is 2.82. The van der Waals surface area contributed by atoms with Gasteiger partial charge in [0.15, 0.2) is 0 Å². The third kappa shape index (κ3) is 5.45. The van der Waals surface area contributed by atoms with Gasteiger partial charge in [-0.05, 0) is 12.3 Å². The SMILES string of the molecule is COCO[C@H]1[C@H](OCOC)[C@H](CO)C[C@@H](C)[C@H]1OCOC. The summed E-state index contributed by atoms with van der Waals surface area (Å²) in [4.78, 5) is 0. The van der Waals surface area contributed by atoms with E-state index in [0.29, 0.717) is 0 Å². The molecule has 1 aliphatic carbocycles. The van der Waals surface area contributed by atoms with Crippen LogP contribution in [0.25, 0.3) is 0 Å². The van der Waals surface area contributed by atoms with Crippen molar-refractivity contribution in [1.29, 1.82) is 0 Å². The predicted molar refractivity (Wildman–Crippen MR) is 74.6 cm³/mol. The molecule has 0 heterocycles. The molecular formula is C14H28O7. The van der Waals surface area contributed by atoms with E-state index in [-0.39, 0.29) is 57.1 Å². The fraction of sp³-hybridized carbons (Fsp3) is 1.00. The van der Waals surface area contributed by atoms with Crippen LogP contribution in [0.3, 0.4) is 0 Å². The Morgan fingerprint density at radius 2 is 1.29 bits per heavy atom. The Morgan fingerprint density at radius 3 is 1.76 bits per heavy atom. The molecule has 5 atom stereocenters. The lowest BCUT2D eigenvalue weighted by Crippen LogP contribution is -2.55. The van der Waals surface area contributed by atoms with Gasteiger partial charge in [0, 0.05) is 33.9 Å². The van der Waals surface area contributed by atoms with E-state index >= 15 is 0 Å². The van der Waals surface area contributed by atoms with Crippen LogP contribution in [-0.2, 0) is 28.4 Å². The second-order valence-corrected chi connectivity index (χ2v) is 5.27. The van der Waals surface area contributed by atoms with Gasteiger partial charge in [0.25, 0.3) is 0 Å². The summed E-state index contributed by atoms with van der Waals surface area (Å²) in [7, 11) is 4.70. The standard InChI is InChI=1S/C14H28O7/c1-10-5-11(6-15)13(20-8-17-3)14(21-9-18-4)12(10)19-7-16-2/h10-15H,5-9H2,1-4H3/t10-,11+,12-,13-,14-/m1/s1. The maximum atomic E-state index is 9.61. The van der Waals surface area contributed by atoms with Crippen LogP contribution in [0.2, 0.25) is 0 Å². The van der Waals surface area contributed by atoms with Crippen molar-refractivity contribution < 1.29 is 33.5 Å². The van der Waals surface area contributed by atoms with Crippen LogP contribution in [-0.4, -0.2) is 71.7 Å². The first-order valence-electron chi connectivity index (χ1n) is 7.12. The summed E-state index contributed by atoms with van der Waals surface area (Å²) in [6.45, 7) is 2.55. The molecule has 0 unspecified atom stereocenters. The minimum Gasteiger partial charge on any atom is -0.396 e. The van der Waals surface area contributed by atoms with Gasteiger partial charge in [0.05, 0.1) is 12.2 Å². The average molecular weight is 308 g/mol. The zero-order valence-electron chi connectivity index (χ0n) is 13.3. The highest BCUT2D eigenvalue weighted by atomic mass is 16.7. The topological polar surface area (TPSA) is 75.6 Å². The highest BCUT2D eigenvalue weighted by molar-refractivity contribution is 4.93. The molecule has 1 N–H and O–H groups in total. The lowest BCUT2D eigenvalue weighted by molar-refractivity contribution is -0.247. The second-order valence-electron chi connectivity index (χ2n) is 5.27. The first kappa shape index (κ1) is 18.8. The number of ether oxygens (including phenoxy) is 6. The summed E-state index contributed by atoms with van der Waals surface area (Å²) >= 11 is 0. The Kier molecular flexibility index (Phi) is 9.34. The van der Waals surface area contributed by atoms with Gasteiger partial charge in [-0.25, -0.2) is 0 Å². The zero-order valence-corrected chi connectivity index (χ0v) is 13.3. The fourth-order valence-corrected chi connectivity index (χ4v) is 2.82. The summed E-state index contributed by atoms with van der Waals surface area (Å²) in [5, 5.41) is 9.61. The first-order chi connectivity index (χ1) is 10.2. The van der Waals surface area contributed by atoms with Crippen molar-refractivity contribution in [2.45, 2.75) is 31.7 Å². The van der Waals surface area contributed by atoms with E-state index in [4.69, 9.17) is 28.4 Å². The molecule has 7 heteroatoms. The summed E-state index contributed by atoms with van der Waals surface area (Å²) in [5.41, 5.74) is 0. The van der Waals surface area contributed by atoms with Crippen molar-refractivity contribution in [3.8, 4) is 0 Å². The minimum absolute atomic E-state index is 0.0283. The van der Waals surface area contributed by atoms with Gasteiger partial charge in [-0.1, -0.05) is 6.92 Å². The van der Waals surface area contributed by atoms with Crippen LogP contribution >= 0.6 is 0 Å². The van der Waals surface area contributed by atoms with Crippen LogP contribution in [0.5, 0.6) is 0 Å². The molecular weight excluding hydrogens is 280 g/mol. The van der Waals surface area contributed by atoms with E-state index in [9.17, 15) is 5.11 Å². The maximum absolute atomic E-state index is 9.61. The van der Waals surface area contributed by atoms with Crippen LogP contribution in [0, 0.1) is 11.8 Å².